The molecule has 0 atom stereocenters. The third kappa shape index (κ3) is 1.19. The van der Waals surface area contributed by atoms with Gasteiger partial charge in [-0.3, -0.25) is 0 Å². The van der Waals surface area contributed by atoms with E-state index in [-0.39, 0.29) is 0 Å². The van der Waals surface area contributed by atoms with Gasteiger partial charge in [0.1, 0.15) is 5.69 Å². The summed E-state index contributed by atoms with van der Waals surface area (Å²) < 4.78 is 4.19. The lowest BCUT2D eigenvalue weighted by Crippen LogP contribution is -1.97. The van der Waals surface area contributed by atoms with E-state index in [9.17, 15) is 0 Å². The van der Waals surface area contributed by atoms with E-state index in [1.165, 1.54) is 11.3 Å². The molecule has 0 amide bonds. The molecule has 0 spiro atoms. The first kappa shape index (κ1) is 8.82. The lowest BCUT2D eigenvalue weighted by molar-refractivity contribution is 0.822. The van der Waals surface area contributed by atoms with Gasteiger partial charge in [0.05, 0.1) is 17.9 Å². The Balaban J connectivity index is 1.87. The van der Waals surface area contributed by atoms with Gasteiger partial charge in [-0.25, -0.2) is 4.68 Å². The van der Waals surface area contributed by atoms with E-state index in [4.69, 9.17) is 0 Å². The van der Waals surface area contributed by atoms with Crippen LogP contribution < -0.4 is 0 Å². The summed E-state index contributed by atoms with van der Waals surface area (Å²) >= 11 is 0. The molecular weight excluding hydrogens is 210 g/mol. The van der Waals surface area contributed by atoms with Gasteiger partial charge in [-0.05, 0) is 24.3 Å². The Morgan fingerprint density at radius 1 is 1.00 bits per heavy atom. The number of nitrogens with zero attached hydrogens (tertiary/aromatic N) is 3. The second-order valence-electron chi connectivity index (χ2n) is 4.30. The summed E-state index contributed by atoms with van der Waals surface area (Å²) in [6, 6.07) is 14.4. The van der Waals surface area contributed by atoms with Crippen LogP contribution in [0.5, 0.6) is 0 Å². The third-order valence-corrected chi connectivity index (χ3v) is 3.22. The highest BCUT2D eigenvalue weighted by atomic mass is 15.3. The predicted molar refractivity (Wildman–Crippen MR) is 66.1 cm³/mol. The maximum absolute atomic E-state index is 4.67. The van der Waals surface area contributed by atoms with Crippen LogP contribution in [0.4, 0.5) is 0 Å². The Bertz CT molecular complexity index is 677. The Morgan fingerprint density at radius 3 is 2.76 bits per heavy atom. The van der Waals surface area contributed by atoms with E-state index in [0.717, 1.165) is 17.9 Å². The largest absolute Gasteiger partial charge is 0.342 e. The van der Waals surface area contributed by atoms with Gasteiger partial charge in [-0.2, -0.15) is 5.10 Å². The Labute approximate surface area is 98.9 Å². The van der Waals surface area contributed by atoms with E-state index >= 15 is 0 Å². The third-order valence-electron chi connectivity index (χ3n) is 3.22. The first-order valence-corrected chi connectivity index (χ1v) is 5.71. The zero-order valence-electron chi connectivity index (χ0n) is 9.24. The van der Waals surface area contributed by atoms with Gasteiger partial charge in [0.25, 0.3) is 0 Å². The zero-order valence-corrected chi connectivity index (χ0v) is 9.24. The maximum Gasteiger partial charge on any atom is 0.114 e. The van der Waals surface area contributed by atoms with Crippen LogP contribution in [-0.2, 0) is 6.54 Å². The molecule has 1 aromatic carbocycles. The van der Waals surface area contributed by atoms with E-state index < -0.39 is 0 Å². The number of benzene rings is 1. The molecule has 0 unspecified atom stereocenters. The van der Waals surface area contributed by atoms with E-state index in [2.05, 4.69) is 46.3 Å². The molecule has 3 heteroatoms. The molecular formula is C14H11N3. The van der Waals surface area contributed by atoms with Gasteiger partial charge in [0.2, 0.25) is 0 Å². The monoisotopic (exact) mass is 221 g/mol. The van der Waals surface area contributed by atoms with Crippen LogP contribution >= 0.6 is 0 Å². The molecule has 1 aliphatic rings. The normalized spacial score (nSPS) is 12.5. The number of hydrogen-bond acceptors (Lipinski definition) is 1. The molecule has 3 aromatic rings. The molecule has 3 heterocycles. The van der Waals surface area contributed by atoms with Crippen LogP contribution in [0, 0.1) is 0 Å². The summed E-state index contributed by atoms with van der Waals surface area (Å²) in [6.07, 6.45) is 4.22. The molecule has 17 heavy (non-hydrogen) atoms. The second-order valence-corrected chi connectivity index (χ2v) is 4.30. The van der Waals surface area contributed by atoms with E-state index in [1.807, 2.05) is 22.9 Å². The van der Waals surface area contributed by atoms with Crippen molar-refractivity contribution in [2.24, 2.45) is 0 Å². The van der Waals surface area contributed by atoms with Crippen molar-refractivity contribution in [3.8, 4) is 17.1 Å². The number of fused-ring (bicyclic) bond motifs is 3. The lowest BCUT2D eigenvalue weighted by Gasteiger charge is -2.01. The quantitative estimate of drug-likeness (QED) is 0.484. The summed E-state index contributed by atoms with van der Waals surface area (Å²) in [5.74, 6) is 0. The summed E-state index contributed by atoms with van der Waals surface area (Å²) in [6.45, 7) is 0.935. The molecule has 4 rings (SSSR count). The SMILES string of the molecule is c1ccc(-n2cc3c(n2)-c2cccn2C3)cc1. The van der Waals surface area contributed by atoms with Crippen LogP contribution in [0.2, 0.25) is 0 Å². The topological polar surface area (TPSA) is 22.8 Å². The molecule has 3 nitrogen and oxygen atoms in total. The molecule has 0 N–H and O–H groups in total. The van der Waals surface area contributed by atoms with Gasteiger partial charge >= 0.3 is 0 Å². The number of para-hydroxylation sites is 1. The first-order chi connectivity index (χ1) is 8.42. The molecule has 82 valence electrons. The summed E-state index contributed by atoms with van der Waals surface area (Å²) in [5, 5.41) is 4.67. The van der Waals surface area contributed by atoms with Crippen LogP contribution in [0.25, 0.3) is 17.1 Å². The minimum Gasteiger partial charge on any atom is -0.342 e. The molecule has 1 aliphatic heterocycles. The van der Waals surface area contributed by atoms with Crippen molar-refractivity contribution in [1.29, 1.82) is 0 Å². The van der Waals surface area contributed by atoms with Gasteiger partial charge in [-0.1, -0.05) is 18.2 Å². The van der Waals surface area contributed by atoms with Crippen molar-refractivity contribution >= 4 is 0 Å². The van der Waals surface area contributed by atoms with E-state index in [0.29, 0.717) is 0 Å². The summed E-state index contributed by atoms with van der Waals surface area (Å²) in [4.78, 5) is 0. The molecule has 0 radical (unpaired) electrons. The highest BCUT2D eigenvalue weighted by molar-refractivity contribution is 5.64. The Hall–Kier alpha value is -2.29. The Morgan fingerprint density at radius 2 is 1.88 bits per heavy atom. The van der Waals surface area contributed by atoms with Crippen molar-refractivity contribution in [3.05, 3.63) is 60.4 Å². The zero-order chi connectivity index (χ0) is 11.2. The van der Waals surface area contributed by atoms with Crippen molar-refractivity contribution in [2.75, 3.05) is 0 Å². The second kappa shape index (κ2) is 3.10. The minimum absolute atomic E-state index is 0.935. The van der Waals surface area contributed by atoms with Crippen LogP contribution in [0.1, 0.15) is 5.56 Å². The van der Waals surface area contributed by atoms with Crippen molar-refractivity contribution in [1.82, 2.24) is 14.3 Å². The first-order valence-electron chi connectivity index (χ1n) is 5.71. The van der Waals surface area contributed by atoms with Gasteiger partial charge in [-0.15, -0.1) is 0 Å². The van der Waals surface area contributed by atoms with Gasteiger partial charge < -0.3 is 4.57 Å². The van der Waals surface area contributed by atoms with E-state index in [1.54, 1.807) is 0 Å². The molecule has 2 aromatic heterocycles. The fourth-order valence-electron chi connectivity index (χ4n) is 2.40. The molecule has 0 bridgehead atoms. The minimum atomic E-state index is 0.935. The van der Waals surface area contributed by atoms with Gasteiger partial charge in [0.15, 0.2) is 0 Å². The highest BCUT2D eigenvalue weighted by Crippen LogP contribution is 2.31. The molecule has 0 aliphatic carbocycles. The average Bonchev–Trinajstić information content (AvgIpc) is 3.00. The Kier molecular flexibility index (Phi) is 1.61. The molecule has 0 fully saturated rings. The lowest BCUT2D eigenvalue weighted by atomic mass is 10.2. The molecule has 0 saturated heterocycles. The number of hydrogen-bond donors (Lipinski definition) is 0. The van der Waals surface area contributed by atoms with Gasteiger partial charge in [0, 0.05) is 18.0 Å². The van der Waals surface area contributed by atoms with Crippen LogP contribution in [0.15, 0.2) is 54.9 Å². The standard InChI is InChI=1S/C14H11N3/c1-2-5-12(6-3-1)17-10-11-9-16-8-4-7-13(16)14(11)15-17/h1-8,10H,9H2. The summed E-state index contributed by atoms with van der Waals surface area (Å²) in [5.41, 5.74) is 4.73. The fourth-order valence-corrected chi connectivity index (χ4v) is 2.40. The summed E-state index contributed by atoms with van der Waals surface area (Å²) in [7, 11) is 0. The highest BCUT2D eigenvalue weighted by Gasteiger charge is 2.21. The number of aromatic nitrogens is 3. The van der Waals surface area contributed by atoms with Crippen LogP contribution in [-0.4, -0.2) is 14.3 Å². The molecule has 0 saturated carbocycles. The van der Waals surface area contributed by atoms with Crippen molar-refractivity contribution < 1.29 is 0 Å². The smallest absolute Gasteiger partial charge is 0.114 e. The maximum atomic E-state index is 4.67. The fraction of sp³-hybridized carbons (Fsp3) is 0.0714. The number of rotatable bonds is 1. The van der Waals surface area contributed by atoms with Crippen molar-refractivity contribution in [3.63, 3.8) is 0 Å². The van der Waals surface area contributed by atoms with Crippen molar-refractivity contribution in [2.45, 2.75) is 6.54 Å². The predicted octanol–water partition coefficient (Wildman–Crippen LogP) is 2.70. The van der Waals surface area contributed by atoms with Crippen LogP contribution in [0.3, 0.4) is 0 Å². The average molecular weight is 221 g/mol.